The van der Waals surface area contributed by atoms with Gasteiger partial charge in [-0.3, -0.25) is 14.7 Å². The van der Waals surface area contributed by atoms with Gasteiger partial charge in [0.2, 0.25) is 11.8 Å². The molecule has 2 heterocycles. The predicted molar refractivity (Wildman–Crippen MR) is 108 cm³/mol. The number of fused-ring (bicyclic) bond motifs is 1. The van der Waals surface area contributed by atoms with E-state index >= 15 is 0 Å². The smallest absolute Gasteiger partial charge is 0.244 e. The fourth-order valence-electron chi connectivity index (χ4n) is 3.55. The van der Waals surface area contributed by atoms with Crippen LogP contribution in [0.5, 0.6) is 0 Å². The number of benzene rings is 2. The fraction of sp³-hybridized carbons (Fsp3) is 0.286. The van der Waals surface area contributed by atoms with Crippen LogP contribution >= 0.6 is 0 Å². The number of hydrogen-bond donors (Lipinski definition) is 3. The molecule has 1 aliphatic rings. The lowest BCUT2D eigenvalue weighted by Gasteiger charge is -2.21. The quantitative estimate of drug-likeness (QED) is 0.649. The number of rotatable bonds is 4. The molecule has 0 radical (unpaired) electrons. The molecule has 0 bridgehead atoms. The van der Waals surface area contributed by atoms with Gasteiger partial charge in [0.15, 0.2) is 0 Å². The first-order chi connectivity index (χ1) is 13.5. The monoisotopic (exact) mass is 377 g/mol. The number of nitrogens with zero attached hydrogens (tertiary/aromatic N) is 2. The molecule has 1 aromatic heterocycles. The highest BCUT2D eigenvalue weighted by atomic mass is 16.2. The van der Waals surface area contributed by atoms with Crippen LogP contribution in [-0.4, -0.2) is 40.0 Å². The lowest BCUT2D eigenvalue weighted by Crippen LogP contribution is -2.38. The Labute approximate surface area is 162 Å². The van der Waals surface area contributed by atoms with Crippen molar-refractivity contribution in [2.75, 3.05) is 18.4 Å². The van der Waals surface area contributed by atoms with E-state index < -0.39 is 6.04 Å². The second-order valence-corrected chi connectivity index (χ2v) is 7.32. The van der Waals surface area contributed by atoms with Crippen molar-refractivity contribution < 1.29 is 9.59 Å². The summed E-state index contributed by atoms with van der Waals surface area (Å²) in [6, 6.07) is 12.5. The van der Waals surface area contributed by atoms with Gasteiger partial charge < -0.3 is 16.0 Å². The molecule has 1 fully saturated rings. The van der Waals surface area contributed by atoms with Crippen LogP contribution in [0, 0.1) is 12.8 Å². The summed E-state index contributed by atoms with van der Waals surface area (Å²) in [5.74, 6) is -0.463. The highest BCUT2D eigenvalue weighted by Gasteiger charge is 2.33. The van der Waals surface area contributed by atoms with Crippen LogP contribution in [0.3, 0.4) is 0 Å². The third kappa shape index (κ3) is 3.61. The van der Waals surface area contributed by atoms with E-state index in [1.807, 2.05) is 49.4 Å². The first kappa shape index (κ1) is 18.2. The van der Waals surface area contributed by atoms with E-state index in [2.05, 4.69) is 15.5 Å². The van der Waals surface area contributed by atoms with Gasteiger partial charge in [0.1, 0.15) is 6.04 Å². The Morgan fingerprint density at radius 1 is 1.25 bits per heavy atom. The molecule has 3 aromatic rings. The largest absolute Gasteiger partial charge is 0.340 e. The molecule has 2 unspecified atom stereocenters. The summed E-state index contributed by atoms with van der Waals surface area (Å²) in [6.07, 6.45) is 2.35. The van der Waals surface area contributed by atoms with Crippen LogP contribution in [0.1, 0.15) is 23.6 Å². The minimum atomic E-state index is -0.703. The van der Waals surface area contributed by atoms with Crippen LogP contribution in [0.25, 0.3) is 10.9 Å². The predicted octanol–water partition coefficient (Wildman–Crippen LogP) is 2.36. The zero-order valence-corrected chi connectivity index (χ0v) is 15.7. The number of nitrogens with two attached hydrogens (primary N) is 1. The van der Waals surface area contributed by atoms with E-state index in [1.54, 1.807) is 11.1 Å². The van der Waals surface area contributed by atoms with Crippen molar-refractivity contribution >= 4 is 28.4 Å². The number of anilines is 1. The zero-order valence-electron chi connectivity index (χ0n) is 15.7. The van der Waals surface area contributed by atoms with Crippen molar-refractivity contribution in [1.82, 2.24) is 15.1 Å². The van der Waals surface area contributed by atoms with Crippen LogP contribution < -0.4 is 11.1 Å². The summed E-state index contributed by atoms with van der Waals surface area (Å²) in [6.45, 7) is 2.92. The number of hydrogen-bond acceptors (Lipinski definition) is 4. The third-order valence-corrected chi connectivity index (χ3v) is 5.28. The average molecular weight is 377 g/mol. The number of likely N-dealkylation sites (tertiary alicyclic amines) is 1. The second-order valence-electron chi connectivity index (χ2n) is 7.32. The van der Waals surface area contributed by atoms with E-state index in [9.17, 15) is 9.59 Å². The minimum Gasteiger partial charge on any atom is -0.340 e. The Balaban J connectivity index is 1.38. The number of aromatic nitrogens is 2. The van der Waals surface area contributed by atoms with E-state index in [-0.39, 0.29) is 17.7 Å². The number of aryl methyl sites for hydroxylation is 1. The number of carbonyl (C=O) groups excluding carboxylic acids is 2. The van der Waals surface area contributed by atoms with Crippen LogP contribution in [0.2, 0.25) is 0 Å². The lowest BCUT2D eigenvalue weighted by molar-refractivity contribution is -0.132. The molecule has 0 saturated carbocycles. The molecular weight excluding hydrogens is 354 g/mol. The molecule has 2 amide bonds. The van der Waals surface area contributed by atoms with Gasteiger partial charge in [0.05, 0.1) is 17.6 Å². The molecule has 0 aliphatic carbocycles. The molecule has 1 saturated heterocycles. The highest BCUT2D eigenvalue weighted by Crippen LogP contribution is 2.23. The van der Waals surface area contributed by atoms with Crippen molar-refractivity contribution in [3.05, 3.63) is 59.8 Å². The summed E-state index contributed by atoms with van der Waals surface area (Å²) in [5.41, 5.74) is 9.70. The average Bonchev–Trinajstić information content (AvgIpc) is 3.36. The first-order valence-electron chi connectivity index (χ1n) is 9.36. The number of amides is 2. The van der Waals surface area contributed by atoms with Gasteiger partial charge >= 0.3 is 0 Å². The molecule has 0 spiro atoms. The van der Waals surface area contributed by atoms with Crippen LogP contribution in [0.15, 0.2) is 48.7 Å². The van der Waals surface area contributed by atoms with Gasteiger partial charge in [-0.25, -0.2) is 0 Å². The standard InChI is InChI=1S/C21H23N5O2/c1-13-2-4-14(5-3-13)19(22)21(28)26-9-8-15(12-26)20(27)24-17-6-7-18-16(10-17)11-23-25-18/h2-7,10-11,15,19H,8-9,12,22H2,1H3,(H,23,25)(H,24,27). The Kier molecular flexibility index (Phi) is 4.83. The van der Waals surface area contributed by atoms with Gasteiger partial charge in [-0.1, -0.05) is 29.8 Å². The van der Waals surface area contributed by atoms with Crippen LogP contribution in [-0.2, 0) is 9.59 Å². The van der Waals surface area contributed by atoms with Crippen molar-refractivity contribution in [2.24, 2.45) is 11.7 Å². The number of carbonyl (C=O) groups is 2. The topological polar surface area (TPSA) is 104 Å². The molecule has 2 atom stereocenters. The summed E-state index contributed by atoms with van der Waals surface area (Å²) >= 11 is 0. The molecule has 144 valence electrons. The number of nitrogens with one attached hydrogen (secondary N) is 2. The molecule has 28 heavy (non-hydrogen) atoms. The lowest BCUT2D eigenvalue weighted by atomic mass is 10.0. The van der Waals surface area contributed by atoms with Crippen molar-refractivity contribution in [3.8, 4) is 0 Å². The molecule has 2 aromatic carbocycles. The maximum Gasteiger partial charge on any atom is 0.244 e. The number of aromatic amines is 1. The summed E-state index contributed by atoms with van der Waals surface area (Å²) < 4.78 is 0. The molecule has 4 rings (SSSR count). The van der Waals surface area contributed by atoms with Crippen molar-refractivity contribution in [3.63, 3.8) is 0 Å². The van der Waals surface area contributed by atoms with E-state index in [1.165, 1.54) is 0 Å². The Morgan fingerprint density at radius 3 is 2.82 bits per heavy atom. The number of H-pyrrole nitrogens is 1. The Hall–Kier alpha value is -3.19. The van der Waals surface area contributed by atoms with Gasteiger partial charge in [0.25, 0.3) is 0 Å². The normalized spacial score (nSPS) is 17.6. The van der Waals surface area contributed by atoms with Gasteiger partial charge in [-0.2, -0.15) is 5.10 Å². The summed E-state index contributed by atoms with van der Waals surface area (Å²) in [7, 11) is 0. The SMILES string of the molecule is Cc1ccc(C(N)C(=O)N2CCC(C(=O)Nc3ccc4[nH]ncc4c3)C2)cc1. The van der Waals surface area contributed by atoms with E-state index in [0.29, 0.717) is 19.5 Å². The van der Waals surface area contributed by atoms with Crippen molar-refractivity contribution in [2.45, 2.75) is 19.4 Å². The molecule has 4 N–H and O–H groups in total. The Morgan fingerprint density at radius 2 is 2.04 bits per heavy atom. The molecular formula is C21H23N5O2. The van der Waals surface area contributed by atoms with Gasteiger partial charge in [0, 0.05) is 24.2 Å². The van der Waals surface area contributed by atoms with Crippen LogP contribution in [0.4, 0.5) is 5.69 Å². The van der Waals surface area contributed by atoms with Crippen molar-refractivity contribution in [1.29, 1.82) is 0 Å². The molecule has 7 heteroatoms. The van der Waals surface area contributed by atoms with Gasteiger partial charge in [-0.15, -0.1) is 0 Å². The maximum atomic E-state index is 12.7. The van der Waals surface area contributed by atoms with Gasteiger partial charge in [-0.05, 0) is 37.1 Å². The summed E-state index contributed by atoms with van der Waals surface area (Å²) in [4.78, 5) is 27.1. The fourth-order valence-corrected chi connectivity index (χ4v) is 3.55. The minimum absolute atomic E-state index is 0.0814. The molecule has 1 aliphatic heterocycles. The maximum absolute atomic E-state index is 12.7. The van der Waals surface area contributed by atoms with E-state index in [4.69, 9.17) is 5.73 Å². The Bertz CT molecular complexity index is 1010. The van der Waals surface area contributed by atoms with E-state index in [0.717, 1.165) is 27.7 Å². The third-order valence-electron chi connectivity index (χ3n) is 5.28. The summed E-state index contributed by atoms with van der Waals surface area (Å²) in [5, 5.41) is 10.7. The highest BCUT2D eigenvalue weighted by molar-refractivity contribution is 5.95. The second kappa shape index (κ2) is 7.44. The molecule has 7 nitrogen and oxygen atoms in total. The zero-order chi connectivity index (χ0) is 19.7. The first-order valence-corrected chi connectivity index (χ1v) is 9.36.